The molecule has 4 atom stereocenters. The van der Waals surface area contributed by atoms with Crippen LogP contribution in [0.2, 0.25) is 36.3 Å². The summed E-state index contributed by atoms with van der Waals surface area (Å²) in [4.78, 5) is 13.0. The van der Waals surface area contributed by atoms with Gasteiger partial charge in [0.25, 0.3) is 0 Å². The molecule has 0 amide bonds. The van der Waals surface area contributed by atoms with E-state index in [0.717, 1.165) is 25.7 Å². The lowest BCUT2D eigenvalue weighted by molar-refractivity contribution is -0.135. The minimum absolute atomic E-state index is 0.0175. The van der Waals surface area contributed by atoms with Gasteiger partial charge in [0.1, 0.15) is 12.7 Å². The van der Waals surface area contributed by atoms with Crippen LogP contribution in [0.5, 0.6) is 0 Å². The lowest BCUT2D eigenvalue weighted by Gasteiger charge is -2.47. The van der Waals surface area contributed by atoms with E-state index in [4.69, 9.17) is 8.85 Å². The first-order valence-electron chi connectivity index (χ1n) is 13.6. The Morgan fingerprint density at radius 1 is 0.886 bits per heavy atom. The van der Waals surface area contributed by atoms with Crippen LogP contribution in [0.15, 0.2) is 12.7 Å². The number of Topliss-reactive ketones (excluding diaryl/α,β-unsaturated/α-hetero) is 1. The largest absolute Gasteiger partial charge is 0.413 e. The minimum atomic E-state index is -2.21. The number of hydrogen-bond donors (Lipinski definition) is 1. The smallest absolute Gasteiger partial charge is 0.193 e. The van der Waals surface area contributed by atoms with Crippen LogP contribution in [0.4, 0.5) is 0 Å². The first-order chi connectivity index (χ1) is 15.5. The molecule has 35 heavy (non-hydrogen) atoms. The molecule has 0 aromatic rings. The van der Waals surface area contributed by atoms with E-state index >= 15 is 0 Å². The second-order valence-corrected chi connectivity index (χ2v) is 24.1. The Kier molecular flexibility index (Phi) is 12.9. The normalized spacial score (nSPS) is 17.6. The van der Waals surface area contributed by atoms with Crippen molar-refractivity contribution in [2.45, 2.75) is 143 Å². The molecule has 6 heteroatoms. The fourth-order valence-electron chi connectivity index (χ4n) is 4.33. The van der Waals surface area contributed by atoms with Crippen molar-refractivity contribution in [1.29, 1.82) is 0 Å². The summed E-state index contributed by atoms with van der Waals surface area (Å²) in [5, 5.41) is 9.93. The van der Waals surface area contributed by atoms with E-state index in [-0.39, 0.29) is 27.9 Å². The van der Waals surface area contributed by atoms with Crippen LogP contribution < -0.4 is 0 Å². The van der Waals surface area contributed by atoms with Crippen LogP contribution in [0.1, 0.15) is 94.9 Å². The number of allylic oxidation sites excluding steroid dienone is 1. The quantitative estimate of drug-likeness (QED) is 0.132. The summed E-state index contributed by atoms with van der Waals surface area (Å²) in [5.41, 5.74) is -0.426. The summed E-state index contributed by atoms with van der Waals surface area (Å²) in [5.74, 6) is 0.436. The molecule has 0 heterocycles. The number of carbonyl (C=O) groups is 1. The second-order valence-electron chi connectivity index (χ2n) is 14.6. The average molecular weight is 529 g/mol. The molecule has 0 saturated heterocycles. The van der Waals surface area contributed by atoms with Gasteiger partial charge in [-0.1, -0.05) is 75.3 Å². The van der Waals surface area contributed by atoms with Crippen LogP contribution in [-0.2, 0) is 13.6 Å². The minimum Gasteiger partial charge on any atom is -0.413 e. The van der Waals surface area contributed by atoms with Gasteiger partial charge in [-0.05, 0) is 79.2 Å². The Balaban J connectivity index is 6.08. The van der Waals surface area contributed by atoms with Gasteiger partial charge in [-0.15, -0.1) is 6.58 Å². The van der Waals surface area contributed by atoms with E-state index in [2.05, 4.69) is 102 Å². The molecule has 0 unspecified atom stereocenters. The molecule has 208 valence electrons. The van der Waals surface area contributed by atoms with E-state index in [9.17, 15) is 9.90 Å². The molecule has 0 rings (SSSR count). The molecule has 1 N–H and O–H groups in total. The maximum atomic E-state index is 13.0. The monoisotopic (exact) mass is 528 g/mol. The van der Waals surface area contributed by atoms with Crippen LogP contribution in [0.25, 0.3) is 0 Å². The summed E-state index contributed by atoms with van der Waals surface area (Å²) >= 11 is 0. The van der Waals surface area contributed by atoms with Gasteiger partial charge < -0.3 is 14.0 Å². The number of carbonyl (C=O) groups excluding carboxylic acids is 1. The summed E-state index contributed by atoms with van der Waals surface area (Å²) in [6, 6.07) is 0. The molecule has 0 fully saturated rings. The zero-order chi connectivity index (χ0) is 28.0. The van der Waals surface area contributed by atoms with E-state index in [1.807, 2.05) is 6.08 Å². The fraction of sp³-hybridized carbons (Fsp3) is 0.897. The highest BCUT2D eigenvalue weighted by Crippen LogP contribution is 2.44. The molecular weight excluding hydrogens is 468 g/mol. The molecule has 0 aromatic heterocycles. The number of aliphatic hydroxyl groups is 1. The molecular formula is C29H60O4Si2. The van der Waals surface area contributed by atoms with Crippen molar-refractivity contribution in [3.63, 3.8) is 0 Å². The standard InChI is InChI=1S/C29H60O4Si2/c1-16-17-18-19-22(2)25(32-34(12,13)27(4,5)6)23(3)20-29(10,11)26(24(31)21-30)33-35(14,15)28(7,8)9/h16,22-23,25-26,30H,1,17-21H2,2-15H3/t22-,23+,25-,26+/m0/s1. The maximum Gasteiger partial charge on any atom is 0.193 e. The van der Waals surface area contributed by atoms with Gasteiger partial charge in [0.05, 0.1) is 6.10 Å². The van der Waals surface area contributed by atoms with Crippen LogP contribution >= 0.6 is 0 Å². The second kappa shape index (κ2) is 13.0. The number of unbranched alkanes of at least 4 members (excludes halogenated alkanes) is 1. The highest BCUT2D eigenvalue weighted by molar-refractivity contribution is 6.74. The van der Waals surface area contributed by atoms with E-state index < -0.39 is 34.8 Å². The molecule has 0 aliphatic rings. The molecule has 0 aromatic carbocycles. The van der Waals surface area contributed by atoms with Crippen molar-refractivity contribution in [3.8, 4) is 0 Å². The van der Waals surface area contributed by atoms with E-state index in [1.54, 1.807) is 0 Å². The zero-order valence-corrected chi connectivity index (χ0v) is 27.8. The summed E-state index contributed by atoms with van der Waals surface area (Å²) in [6.45, 7) is 34.7. The fourth-order valence-corrected chi connectivity index (χ4v) is 7.22. The number of hydrogen-bond acceptors (Lipinski definition) is 4. The number of ketones is 1. The third kappa shape index (κ3) is 10.2. The Hall–Kier alpha value is -0.276. The highest BCUT2D eigenvalue weighted by Gasteiger charge is 2.47. The Labute approximate surface area is 220 Å². The SMILES string of the molecule is C=CCCC[C@H](C)[C@H](O[Si](C)(C)C(C)(C)C)[C@H](C)CC(C)(C)[C@H](O[Si](C)(C)C(C)(C)C)C(=O)CO. The van der Waals surface area contributed by atoms with Gasteiger partial charge in [0, 0.05) is 0 Å². The van der Waals surface area contributed by atoms with E-state index in [1.165, 1.54) is 0 Å². The van der Waals surface area contributed by atoms with Gasteiger partial charge in [0.2, 0.25) is 0 Å². The molecule has 4 nitrogen and oxygen atoms in total. The predicted molar refractivity (Wildman–Crippen MR) is 157 cm³/mol. The van der Waals surface area contributed by atoms with Crippen molar-refractivity contribution >= 4 is 22.4 Å². The van der Waals surface area contributed by atoms with Gasteiger partial charge in [-0.3, -0.25) is 4.79 Å². The average Bonchev–Trinajstić information content (AvgIpc) is 2.67. The van der Waals surface area contributed by atoms with Crippen LogP contribution in [0.3, 0.4) is 0 Å². The lowest BCUT2D eigenvalue weighted by atomic mass is 9.74. The first-order valence-corrected chi connectivity index (χ1v) is 19.5. The number of rotatable bonds is 15. The van der Waals surface area contributed by atoms with Crippen molar-refractivity contribution < 1.29 is 18.8 Å². The topological polar surface area (TPSA) is 55.8 Å². The van der Waals surface area contributed by atoms with Crippen LogP contribution in [0, 0.1) is 17.3 Å². The highest BCUT2D eigenvalue weighted by atomic mass is 28.4. The molecule has 0 radical (unpaired) electrons. The summed E-state index contributed by atoms with van der Waals surface area (Å²) < 4.78 is 13.8. The third-order valence-corrected chi connectivity index (χ3v) is 17.6. The van der Waals surface area contributed by atoms with Crippen LogP contribution in [-0.4, -0.2) is 46.3 Å². The van der Waals surface area contributed by atoms with Gasteiger partial charge >= 0.3 is 0 Å². The van der Waals surface area contributed by atoms with Crippen molar-refractivity contribution in [2.24, 2.45) is 17.3 Å². The molecule has 0 spiro atoms. The Morgan fingerprint density at radius 3 is 1.74 bits per heavy atom. The first kappa shape index (κ1) is 34.7. The lowest BCUT2D eigenvalue weighted by Crippen LogP contribution is -2.53. The third-order valence-electron chi connectivity index (χ3n) is 8.65. The molecule has 0 bridgehead atoms. The molecule has 0 aliphatic carbocycles. The summed E-state index contributed by atoms with van der Waals surface area (Å²) in [6.07, 6.45) is 5.49. The molecule has 0 saturated carbocycles. The maximum absolute atomic E-state index is 13.0. The van der Waals surface area contributed by atoms with Gasteiger partial charge in [-0.25, -0.2) is 0 Å². The molecule has 0 aliphatic heterocycles. The summed E-state index contributed by atoms with van der Waals surface area (Å²) in [7, 11) is -4.19. The van der Waals surface area contributed by atoms with Gasteiger partial charge in [-0.2, -0.15) is 0 Å². The Morgan fingerprint density at radius 2 is 1.34 bits per heavy atom. The van der Waals surface area contributed by atoms with Crippen molar-refractivity contribution in [1.82, 2.24) is 0 Å². The van der Waals surface area contributed by atoms with Crippen molar-refractivity contribution in [2.75, 3.05) is 6.61 Å². The Bertz CT molecular complexity index is 671. The van der Waals surface area contributed by atoms with E-state index in [0.29, 0.717) is 5.92 Å². The zero-order valence-electron chi connectivity index (χ0n) is 25.8. The number of aliphatic hydroxyl groups excluding tert-OH is 1. The van der Waals surface area contributed by atoms with Crippen molar-refractivity contribution in [3.05, 3.63) is 12.7 Å². The predicted octanol–water partition coefficient (Wildman–Crippen LogP) is 8.37. The van der Waals surface area contributed by atoms with Gasteiger partial charge in [0.15, 0.2) is 22.4 Å².